The van der Waals surface area contributed by atoms with Gasteiger partial charge in [-0.3, -0.25) is 4.79 Å². The zero-order chi connectivity index (χ0) is 13.1. The second-order valence-corrected chi connectivity index (χ2v) is 6.07. The summed E-state index contributed by atoms with van der Waals surface area (Å²) in [7, 11) is 1.59. The number of benzene rings is 1. The van der Waals surface area contributed by atoms with Crippen LogP contribution < -0.4 is 0 Å². The van der Waals surface area contributed by atoms with Crippen LogP contribution in [0.4, 0.5) is 0 Å². The van der Waals surface area contributed by atoms with Crippen molar-refractivity contribution in [1.29, 1.82) is 0 Å². The fourth-order valence-electron chi connectivity index (χ4n) is 1.89. The smallest absolute Gasteiger partial charge is 0.166 e. The van der Waals surface area contributed by atoms with Crippen molar-refractivity contribution in [1.82, 2.24) is 0 Å². The van der Waals surface area contributed by atoms with Gasteiger partial charge in [-0.05, 0) is 17.0 Å². The third-order valence-corrected chi connectivity index (χ3v) is 3.41. The van der Waals surface area contributed by atoms with Crippen LogP contribution in [0.15, 0.2) is 28.7 Å². The fourth-order valence-corrected chi connectivity index (χ4v) is 2.32. The van der Waals surface area contributed by atoms with Gasteiger partial charge in [0.05, 0.1) is 0 Å². The van der Waals surface area contributed by atoms with Crippen LogP contribution in [0.3, 0.4) is 0 Å². The van der Waals surface area contributed by atoms with E-state index in [9.17, 15) is 4.79 Å². The Balaban J connectivity index is 2.82. The van der Waals surface area contributed by atoms with Gasteiger partial charge < -0.3 is 4.74 Å². The Labute approximate surface area is 111 Å². The maximum Gasteiger partial charge on any atom is 0.166 e. The second-order valence-electron chi connectivity index (χ2n) is 5.22. The number of ether oxygens (including phenoxy) is 1. The molecule has 0 N–H and O–H groups in total. The Kier molecular flexibility index (Phi) is 4.90. The molecule has 0 saturated heterocycles. The first-order chi connectivity index (χ1) is 7.86. The van der Waals surface area contributed by atoms with Crippen LogP contribution in [-0.4, -0.2) is 19.0 Å². The molecule has 0 amide bonds. The molecule has 0 saturated carbocycles. The van der Waals surface area contributed by atoms with E-state index in [2.05, 4.69) is 15.9 Å². The SMILES string of the molecule is COC(C(=O)Cc1ccccc1Br)C(C)(C)C. The zero-order valence-electron chi connectivity index (χ0n) is 10.8. The number of Topliss-reactive ketones (excluding diaryl/α,β-unsaturated/α-hetero) is 1. The van der Waals surface area contributed by atoms with Crippen molar-refractivity contribution in [3.8, 4) is 0 Å². The van der Waals surface area contributed by atoms with E-state index in [1.54, 1.807) is 7.11 Å². The molecule has 2 nitrogen and oxygen atoms in total. The number of methoxy groups -OCH3 is 1. The van der Waals surface area contributed by atoms with Crippen LogP contribution in [0.2, 0.25) is 0 Å². The van der Waals surface area contributed by atoms with Crippen LogP contribution in [-0.2, 0) is 16.0 Å². The second kappa shape index (κ2) is 5.78. The van der Waals surface area contributed by atoms with Gasteiger partial charge >= 0.3 is 0 Å². The molecule has 0 bridgehead atoms. The van der Waals surface area contributed by atoms with E-state index in [1.807, 2.05) is 45.0 Å². The Hall–Kier alpha value is -0.670. The minimum absolute atomic E-state index is 0.118. The first kappa shape index (κ1) is 14.4. The molecular weight excluding hydrogens is 280 g/mol. The summed E-state index contributed by atoms with van der Waals surface area (Å²) in [6.07, 6.45) is 0.0339. The number of ketones is 1. The largest absolute Gasteiger partial charge is 0.373 e. The van der Waals surface area contributed by atoms with Crippen molar-refractivity contribution in [2.45, 2.75) is 33.3 Å². The number of carbonyl (C=O) groups is 1. The fraction of sp³-hybridized carbons (Fsp3) is 0.500. The average Bonchev–Trinajstić information content (AvgIpc) is 2.20. The molecule has 94 valence electrons. The van der Waals surface area contributed by atoms with Crippen LogP contribution in [0, 0.1) is 5.41 Å². The van der Waals surface area contributed by atoms with Crippen molar-refractivity contribution >= 4 is 21.7 Å². The lowest BCUT2D eigenvalue weighted by molar-refractivity contribution is -0.134. The molecule has 1 rings (SSSR count). The lowest BCUT2D eigenvalue weighted by Crippen LogP contribution is -2.37. The molecule has 0 aromatic heterocycles. The molecular formula is C14H19BrO2. The van der Waals surface area contributed by atoms with Crippen molar-refractivity contribution < 1.29 is 9.53 Å². The highest BCUT2D eigenvalue weighted by molar-refractivity contribution is 9.10. The minimum atomic E-state index is -0.366. The molecule has 0 heterocycles. The van der Waals surface area contributed by atoms with Gasteiger partial charge in [-0.1, -0.05) is 54.9 Å². The predicted octanol–water partition coefficient (Wildman–Crippen LogP) is 3.62. The van der Waals surface area contributed by atoms with E-state index in [1.165, 1.54) is 0 Å². The lowest BCUT2D eigenvalue weighted by atomic mass is 9.84. The number of carbonyl (C=O) groups excluding carboxylic acids is 1. The van der Waals surface area contributed by atoms with Gasteiger partial charge in [-0.25, -0.2) is 0 Å². The van der Waals surface area contributed by atoms with Crippen molar-refractivity contribution in [3.63, 3.8) is 0 Å². The molecule has 0 spiro atoms. The topological polar surface area (TPSA) is 26.3 Å². The van der Waals surface area contributed by atoms with E-state index >= 15 is 0 Å². The molecule has 0 radical (unpaired) electrons. The maximum atomic E-state index is 12.2. The molecule has 1 atom stereocenters. The molecule has 0 fully saturated rings. The first-order valence-electron chi connectivity index (χ1n) is 5.65. The standard InChI is InChI=1S/C14H19BrO2/c1-14(2,3)13(17-4)12(16)9-10-7-5-6-8-11(10)15/h5-8,13H,9H2,1-4H3. The van der Waals surface area contributed by atoms with Crippen LogP contribution in [0.25, 0.3) is 0 Å². The zero-order valence-corrected chi connectivity index (χ0v) is 12.4. The third kappa shape index (κ3) is 3.93. The van der Waals surface area contributed by atoms with Crippen molar-refractivity contribution in [2.75, 3.05) is 7.11 Å². The molecule has 0 aliphatic carbocycles. The number of rotatable bonds is 4. The van der Waals surface area contributed by atoms with Crippen LogP contribution >= 0.6 is 15.9 Å². The summed E-state index contributed by atoms with van der Waals surface area (Å²) in [4.78, 5) is 12.2. The van der Waals surface area contributed by atoms with E-state index in [4.69, 9.17) is 4.74 Å². The number of hydrogen-bond acceptors (Lipinski definition) is 2. The summed E-state index contributed by atoms with van der Waals surface area (Å²) in [6, 6.07) is 7.78. The van der Waals surface area contributed by atoms with E-state index < -0.39 is 0 Å². The summed E-state index contributed by atoms with van der Waals surface area (Å²) in [5.41, 5.74) is 0.830. The van der Waals surface area contributed by atoms with Gasteiger partial charge in [0.2, 0.25) is 0 Å². The van der Waals surface area contributed by atoms with Crippen LogP contribution in [0.1, 0.15) is 26.3 Å². The number of hydrogen-bond donors (Lipinski definition) is 0. The molecule has 0 aliphatic heterocycles. The quantitative estimate of drug-likeness (QED) is 0.848. The van der Waals surface area contributed by atoms with Gasteiger partial charge in [0.1, 0.15) is 6.10 Å². The molecule has 1 unspecified atom stereocenters. The van der Waals surface area contributed by atoms with Gasteiger partial charge in [0, 0.05) is 18.0 Å². The lowest BCUT2D eigenvalue weighted by Gasteiger charge is -2.28. The minimum Gasteiger partial charge on any atom is -0.373 e. The Morgan fingerprint density at radius 1 is 1.35 bits per heavy atom. The van der Waals surface area contributed by atoms with Gasteiger partial charge in [0.15, 0.2) is 5.78 Å². The Morgan fingerprint density at radius 2 is 1.94 bits per heavy atom. The summed E-state index contributed by atoms with van der Waals surface area (Å²) in [6.45, 7) is 6.04. The van der Waals surface area contributed by atoms with E-state index in [0.717, 1.165) is 10.0 Å². The highest BCUT2D eigenvalue weighted by atomic mass is 79.9. The monoisotopic (exact) mass is 298 g/mol. The Morgan fingerprint density at radius 3 is 2.41 bits per heavy atom. The van der Waals surface area contributed by atoms with Crippen LogP contribution in [0.5, 0.6) is 0 Å². The number of halogens is 1. The highest BCUT2D eigenvalue weighted by Gasteiger charge is 2.31. The third-order valence-electron chi connectivity index (χ3n) is 2.64. The molecule has 17 heavy (non-hydrogen) atoms. The summed E-state index contributed by atoms with van der Waals surface area (Å²) < 4.78 is 6.29. The molecule has 1 aromatic carbocycles. The van der Waals surface area contributed by atoms with Crippen molar-refractivity contribution in [3.05, 3.63) is 34.3 Å². The van der Waals surface area contributed by atoms with E-state index in [-0.39, 0.29) is 17.3 Å². The van der Waals surface area contributed by atoms with Gasteiger partial charge in [-0.2, -0.15) is 0 Å². The highest BCUT2D eigenvalue weighted by Crippen LogP contribution is 2.25. The van der Waals surface area contributed by atoms with Gasteiger partial charge in [0.25, 0.3) is 0 Å². The molecule has 0 aliphatic rings. The van der Waals surface area contributed by atoms with E-state index in [0.29, 0.717) is 6.42 Å². The summed E-state index contributed by atoms with van der Waals surface area (Å²) in [5.74, 6) is 0.118. The molecule has 1 aromatic rings. The summed E-state index contributed by atoms with van der Waals surface area (Å²) in [5, 5.41) is 0. The summed E-state index contributed by atoms with van der Waals surface area (Å²) >= 11 is 3.45. The maximum absolute atomic E-state index is 12.2. The van der Waals surface area contributed by atoms with Gasteiger partial charge in [-0.15, -0.1) is 0 Å². The predicted molar refractivity (Wildman–Crippen MR) is 73.1 cm³/mol. The first-order valence-corrected chi connectivity index (χ1v) is 6.44. The van der Waals surface area contributed by atoms with Crippen molar-refractivity contribution in [2.24, 2.45) is 5.41 Å². The normalized spacial score (nSPS) is 13.5. The molecule has 3 heteroatoms. The Bertz CT molecular complexity index is 393. The average molecular weight is 299 g/mol.